The van der Waals surface area contributed by atoms with Crippen LogP contribution in [0.1, 0.15) is 37.4 Å². The molecule has 1 atom stereocenters. The molecule has 2 aromatic rings. The van der Waals surface area contributed by atoms with E-state index in [1.54, 1.807) is 0 Å². The second kappa shape index (κ2) is 6.59. The molecule has 2 fully saturated rings. The van der Waals surface area contributed by atoms with E-state index in [1.165, 1.54) is 43.0 Å². The molecule has 2 saturated heterocycles. The number of nitrogens with zero attached hydrogens (tertiary/aromatic N) is 3. The standard InChI is InChI=1S/C17H24N4S/c1-4-15-17(19-7-1)21(11-13-3-2-10-22-12-13)16(20-15)14-5-8-18-9-6-14/h1,4,7,13-14,18H,2-3,5-6,8-12H2. The molecule has 4 heterocycles. The molecule has 0 saturated carbocycles. The molecule has 2 aliphatic rings. The highest BCUT2D eigenvalue weighted by molar-refractivity contribution is 7.99. The second-order valence-electron chi connectivity index (χ2n) is 6.53. The van der Waals surface area contributed by atoms with E-state index in [4.69, 9.17) is 4.98 Å². The van der Waals surface area contributed by atoms with Crippen molar-refractivity contribution in [3.8, 4) is 0 Å². The van der Waals surface area contributed by atoms with Gasteiger partial charge in [-0.15, -0.1) is 0 Å². The summed E-state index contributed by atoms with van der Waals surface area (Å²) in [5, 5.41) is 3.46. The van der Waals surface area contributed by atoms with Crippen LogP contribution in [-0.4, -0.2) is 39.1 Å². The summed E-state index contributed by atoms with van der Waals surface area (Å²) in [5.74, 6) is 5.27. The number of aromatic nitrogens is 3. The highest BCUT2D eigenvalue weighted by Gasteiger charge is 2.25. The Labute approximate surface area is 136 Å². The first kappa shape index (κ1) is 14.5. The van der Waals surface area contributed by atoms with E-state index in [2.05, 4.69) is 32.7 Å². The van der Waals surface area contributed by atoms with Gasteiger partial charge in [0.05, 0.1) is 0 Å². The summed E-state index contributed by atoms with van der Waals surface area (Å²) in [5.41, 5.74) is 2.16. The van der Waals surface area contributed by atoms with Crippen LogP contribution >= 0.6 is 11.8 Å². The molecule has 4 nitrogen and oxygen atoms in total. The number of pyridine rings is 1. The van der Waals surface area contributed by atoms with Gasteiger partial charge in [-0.05, 0) is 68.3 Å². The first-order valence-corrected chi connectivity index (χ1v) is 9.67. The highest BCUT2D eigenvalue weighted by atomic mass is 32.2. The molecule has 0 aliphatic carbocycles. The van der Waals surface area contributed by atoms with Crippen LogP contribution in [-0.2, 0) is 6.54 Å². The van der Waals surface area contributed by atoms with Crippen LogP contribution in [0.2, 0.25) is 0 Å². The minimum absolute atomic E-state index is 0.590. The Hall–Kier alpha value is -1.07. The summed E-state index contributed by atoms with van der Waals surface area (Å²) in [4.78, 5) is 9.61. The Balaban J connectivity index is 1.69. The number of rotatable bonds is 3. The molecule has 118 valence electrons. The first-order valence-electron chi connectivity index (χ1n) is 8.51. The number of imidazole rings is 1. The lowest BCUT2D eigenvalue weighted by atomic mass is 9.97. The summed E-state index contributed by atoms with van der Waals surface area (Å²) in [6.45, 7) is 3.32. The molecule has 0 spiro atoms. The molecule has 0 bridgehead atoms. The fourth-order valence-corrected chi connectivity index (χ4v) is 4.90. The van der Waals surface area contributed by atoms with E-state index < -0.39 is 0 Å². The van der Waals surface area contributed by atoms with Gasteiger partial charge in [0.1, 0.15) is 11.3 Å². The van der Waals surface area contributed by atoms with Crippen LogP contribution in [0.25, 0.3) is 11.2 Å². The number of piperidine rings is 1. The van der Waals surface area contributed by atoms with Crippen molar-refractivity contribution in [3.63, 3.8) is 0 Å². The number of hydrogen-bond acceptors (Lipinski definition) is 4. The normalized spacial score (nSPS) is 23.9. The van der Waals surface area contributed by atoms with Gasteiger partial charge in [-0.3, -0.25) is 0 Å². The minimum atomic E-state index is 0.590. The molecule has 0 radical (unpaired) electrons. The summed E-state index contributed by atoms with van der Waals surface area (Å²) in [6, 6.07) is 4.11. The smallest absolute Gasteiger partial charge is 0.160 e. The maximum atomic E-state index is 4.97. The summed E-state index contributed by atoms with van der Waals surface area (Å²) < 4.78 is 2.45. The molecular formula is C17H24N4S. The fraction of sp³-hybridized carbons (Fsp3) is 0.647. The van der Waals surface area contributed by atoms with Gasteiger partial charge >= 0.3 is 0 Å². The van der Waals surface area contributed by atoms with Gasteiger partial charge in [0, 0.05) is 18.7 Å². The first-order chi connectivity index (χ1) is 10.9. The highest BCUT2D eigenvalue weighted by Crippen LogP contribution is 2.30. The van der Waals surface area contributed by atoms with Crippen molar-refractivity contribution in [1.29, 1.82) is 0 Å². The molecule has 2 aromatic heterocycles. The Morgan fingerprint density at radius 1 is 1.27 bits per heavy atom. The summed E-state index contributed by atoms with van der Waals surface area (Å²) in [7, 11) is 0. The molecule has 4 rings (SSSR count). The zero-order valence-electron chi connectivity index (χ0n) is 13.0. The Kier molecular flexibility index (Phi) is 4.35. The van der Waals surface area contributed by atoms with Gasteiger partial charge in [0.25, 0.3) is 0 Å². The maximum absolute atomic E-state index is 4.97. The predicted octanol–water partition coefficient (Wildman–Crippen LogP) is 3.04. The lowest BCUT2D eigenvalue weighted by Gasteiger charge is -2.26. The third kappa shape index (κ3) is 2.88. The van der Waals surface area contributed by atoms with Crippen LogP contribution in [0.5, 0.6) is 0 Å². The topological polar surface area (TPSA) is 42.7 Å². The van der Waals surface area contributed by atoms with Crippen LogP contribution in [0.4, 0.5) is 0 Å². The van der Waals surface area contributed by atoms with E-state index >= 15 is 0 Å². The molecule has 0 aromatic carbocycles. The number of fused-ring (bicyclic) bond motifs is 1. The lowest BCUT2D eigenvalue weighted by Crippen LogP contribution is -2.29. The quantitative estimate of drug-likeness (QED) is 0.945. The second-order valence-corrected chi connectivity index (χ2v) is 7.68. The van der Waals surface area contributed by atoms with Gasteiger partial charge in [0.2, 0.25) is 0 Å². The summed E-state index contributed by atoms with van der Waals surface area (Å²) >= 11 is 2.11. The molecule has 1 N–H and O–H groups in total. The van der Waals surface area contributed by atoms with Crippen molar-refractivity contribution < 1.29 is 0 Å². The van der Waals surface area contributed by atoms with Gasteiger partial charge in [0.15, 0.2) is 5.65 Å². The van der Waals surface area contributed by atoms with Crippen LogP contribution < -0.4 is 5.32 Å². The Morgan fingerprint density at radius 2 is 2.18 bits per heavy atom. The van der Waals surface area contributed by atoms with Crippen molar-refractivity contribution in [2.75, 3.05) is 24.6 Å². The average Bonchev–Trinajstić information content (AvgIpc) is 2.95. The van der Waals surface area contributed by atoms with Crippen LogP contribution in [0, 0.1) is 5.92 Å². The van der Waals surface area contributed by atoms with Gasteiger partial charge in [-0.25, -0.2) is 9.97 Å². The molecule has 1 unspecified atom stereocenters. The summed E-state index contributed by atoms with van der Waals surface area (Å²) in [6.07, 6.45) is 7.01. The van der Waals surface area contributed by atoms with Crippen molar-refractivity contribution in [3.05, 3.63) is 24.2 Å². The molecule has 5 heteroatoms. The maximum Gasteiger partial charge on any atom is 0.160 e. The Morgan fingerprint density at radius 3 is 3.00 bits per heavy atom. The minimum Gasteiger partial charge on any atom is -0.317 e. The van der Waals surface area contributed by atoms with E-state index in [-0.39, 0.29) is 0 Å². The van der Waals surface area contributed by atoms with E-state index in [9.17, 15) is 0 Å². The number of hydrogen-bond donors (Lipinski definition) is 1. The molecular weight excluding hydrogens is 292 g/mol. The van der Waals surface area contributed by atoms with Gasteiger partial charge < -0.3 is 9.88 Å². The monoisotopic (exact) mass is 316 g/mol. The third-order valence-electron chi connectivity index (χ3n) is 4.93. The Bertz CT molecular complexity index is 627. The van der Waals surface area contributed by atoms with E-state index in [0.29, 0.717) is 5.92 Å². The van der Waals surface area contributed by atoms with Crippen molar-refractivity contribution >= 4 is 22.9 Å². The number of thioether (sulfide) groups is 1. The number of nitrogens with one attached hydrogen (secondary N) is 1. The van der Waals surface area contributed by atoms with Crippen LogP contribution in [0.3, 0.4) is 0 Å². The van der Waals surface area contributed by atoms with Gasteiger partial charge in [-0.1, -0.05) is 0 Å². The zero-order valence-corrected chi connectivity index (χ0v) is 13.8. The molecule has 2 aliphatic heterocycles. The average molecular weight is 316 g/mol. The predicted molar refractivity (Wildman–Crippen MR) is 92.4 cm³/mol. The largest absolute Gasteiger partial charge is 0.317 e. The molecule has 22 heavy (non-hydrogen) atoms. The van der Waals surface area contributed by atoms with Crippen LogP contribution in [0.15, 0.2) is 18.3 Å². The third-order valence-corrected chi connectivity index (χ3v) is 6.22. The SMILES string of the molecule is c1cnc2c(c1)nc(C1CCNCC1)n2CC1CCCSC1. The van der Waals surface area contributed by atoms with E-state index in [0.717, 1.165) is 36.7 Å². The lowest BCUT2D eigenvalue weighted by molar-refractivity contribution is 0.400. The van der Waals surface area contributed by atoms with Gasteiger partial charge in [-0.2, -0.15) is 11.8 Å². The van der Waals surface area contributed by atoms with Crippen molar-refractivity contribution in [1.82, 2.24) is 19.9 Å². The van der Waals surface area contributed by atoms with E-state index in [1.807, 2.05) is 12.3 Å². The van der Waals surface area contributed by atoms with Crippen molar-refractivity contribution in [2.45, 2.75) is 38.1 Å². The van der Waals surface area contributed by atoms with Crippen molar-refractivity contribution in [2.24, 2.45) is 5.92 Å². The fourth-order valence-electron chi connectivity index (χ4n) is 3.76. The molecule has 0 amide bonds. The zero-order chi connectivity index (χ0) is 14.8.